The maximum Gasteiger partial charge on any atom is 0.259 e. The number of nitrogens with one attached hydrogen (secondary N) is 1. The lowest BCUT2D eigenvalue weighted by atomic mass is 10.1. The molecule has 0 bridgehead atoms. The monoisotopic (exact) mass is 443 g/mol. The highest BCUT2D eigenvalue weighted by Gasteiger charge is 2.17. The van der Waals surface area contributed by atoms with Gasteiger partial charge in [-0.25, -0.2) is 0 Å². The first-order valence-corrected chi connectivity index (χ1v) is 10.7. The predicted molar refractivity (Wildman–Crippen MR) is 121 cm³/mol. The number of pyridine rings is 2. The van der Waals surface area contributed by atoms with Crippen molar-refractivity contribution in [3.05, 3.63) is 87.6 Å². The summed E-state index contributed by atoms with van der Waals surface area (Å²) >= 11 is 1.57. The van der Waals surface area contributed by atoms with Gasteiger partial charge in [-0.3, -0.25) is 19.1 Å². The Morgan fingerprint density at radius 3 is 2.75 bits per heavy atom. The lowest BCUT2D eigenvalue weighted by Crippen LogP contribution is -2.32. The zero-order valence-corrected chi connectivity index (χ0v) is 17.6. The van der Waals surface area contributed by atoms with Crippen molar-refractivity contribution in [3.63, 3.8) is 0 Å². The van der Waals surface area contributed by atoms with E-state index < -0.39 is 0 Å². The summed E-state index contributed by atoms with van der Waals surface area (Å²) in [5.74, 6) is 0.402. The molecule has 0 atom stereocenters. The first kappa shape index (κ1) is 19.8. The fourth-order valence-electron chi connectivity index (χ4n) is 3.42. The molecule has 0 aliphatic heterocycles. The minimum Gasteiger partial charge on any atom is -0.350 e. The number of rotatable bonds is 6. The molecule has 0 saturated carbocycles. The van der Waals surface area contributed by atoms with Crippen molar-refractivity contribution in [2.45, 2.75) is 13.1 Å². The molecule has 0 spiro atoms. The molecule has 9 heteroatoms. The van der Waals surface area contributed by atoms with E-state index in [1.807, 2.05) is 35.7 Å². The van der Waals surface area contributed by atoms with E-state index in [1.54, 1.807) is 41.9 Å². The van der Waals surface area contributed by atoms with Gasteiger partial charge >= 0.3 is 0 Å². The van der Waals surface area contributed by atoms with Crippen LogP contribution in [0.5, 0.6) is 0 Å². The number of fused-ring (bicyclic) bond motifs is 1. The van der Waals surface area contributed by atoms with Gasteiger partial charge in [0.25, 0.3) is 11.4 Å². The van der Waals surface area contributed by atoms with Gasteiger partial charge in [-0.1, -0.05) is 29.4 Å². The SMILES string of the molecule is O=C(Cn1c(=O)cc(-c2nc(-c3ccncc3)no2)c2ccccc21)NCc1cccs1. The molecule has 0 radical (unpaired) electrons. The number of aromatic nitrogens is 4. The number of thiophene rings is 1. The van der Waals surface area contributed by atoms with E-state index >= 15 is 0 Å². The van der Waals surface area contributed by atoms with Crippen molar-refractivity contribution in [3.8, 4) is 22.8 Å². The van der Waals surface area contributed by atoms with Crippen LogP contribution in [-0.2, 0) is 17.9 Å². The summed E-state index contributed by atoms with van der Waals surface area (Å²) in [5, 5.41) is 9.59. The third kappa shape index (κ3) is 3.93. The van der Waals surface area contributed by atoms with Crippen molar-refractivity contribution >= 4 is 28.1 Å². The van der Waals surface area contributed by atoms with E-state index in [2.05, 4.69) is 20.4 Å². The maximum atomic E-state index is 13.0. The Hall–Kier alpha value is -4.11. The number of benzene rings is 1. The molecule has 1 N–H and O–H groups in total. The number of carbonyl (C=O) groups excluding carboxylic acids is 1. The molecular formula is C23H17N5O3S. The molecule has 0 aliphatic rings. The lowest BCUT2D eigenvalue weighted by molar-refractivity contribution is -0.121. The highest BCUT2D eigenvalue weighted by atomic mass is 32.1. The van der Waals surface area contributed by atoms with Gasteiger partial charge in [0.2, 0.25) is 11.7 Å². The van der Waals surface area contributed by atoms with Gasteiger partial charge in [0.15, 0.2) is 0 Å². The molecule has 1 aromatic carbocycles. The maximum absolute atomic E-state index is 13.0. The molecule has 5 rings (SSSR count). The molecule has 5 aromatic rings. The number of para-hydroxylation sites is 1. The third-order valence-electron chi connectivity index (χ3n) is 4.96. The van der Waals surface area contributed by atoms with Gasteiger partial charge in [0.05, 0.1) is 17.6 Å². The molecule has 4 heterocycles. The Labute approximate surface area is 186 Å². The zero-order chi connectivity index (χ0) is 21.9. The summed E-state index contributed by atoms with van der Waals surface area (Å²) in [4.78, 5) is 35.0. The largest absolute Gasteiger partial charge is 0.350 e. The number of hydrogen-bond donors (Lipinski definition) is 1. The Bertz CT molecular complexity index is 1440. The van der Waals surface area contributed by atoms with Crippen molar-refractivity contribution in [2.24, 2.45) is 0 Å². The van der Waals surface area contributed by atoms with Crippen molar-refractivity contribution in [1.29, 1.82) is 0 Å². The molecule has 4 aromatic heterocycles. The van der Waals surface area contributed by atoms with Crippen LogP contribution in [0.4, 0.5) is 0 Å². The Morgan fingerprint density at radius 2 is 1.94 bits per heavy atom. The Kier molecular flexibility index (Phi) is 5.30. The first-order valence-electron chi connectivity index (χ1n) is 9.85. The summed E-state index contributed by atoms with van der Waals surface area (Å²) in [6.07, 6.45) is 3.29. The van der Waals surface area contributed by atoms with Crippen LogP contribution in [0.3, 0.4) is 0 Å². The third-order valence-corrected chi connectivity index (χ3v) is 5.83. The van der Waals surface area contributed by atoms with Crippen LogP contribution in [0.25, 0.3) is 33.7 Å². The first-order chi connectivity index (χ1) is 15.7. The molecule has 0 fully saturated rings. The summed E-state index contributed by atoms with van der Waals surface area (Å²) in [6, 6.07) is 16.2. The summed E-state index contributed by atoms with van der Waals surface area (Å²) in [7, 11) is 0. The topological polar surface area (TPSA) is 103 Å². The second kappa shape index (κ2) is 8.56. The molecule has 0 unspecified atom stereocenters. The standard InChI is InChI=1S/C23H17N5O3S/c29-20(25-13-16-4-3-11-32-16)14-28-19-6-2-1-5-17(19)18(12-21(28)30)23-26-22(27-31-23)15-7-9-24-10-8-15/h1-12H,13-14H2,(H,25,29). The highest BCUT2D eigenvalue weighted by Crippen LogP contribution is 2.27. The van der Waals surface area contributed by atoms with Gasteiger partial charge < -0.3 is 9.84 Å². The summed E-state index contributed by atoms with van der Waals surface area (Å²) in [5.41, 5.74) is 1.57. The molecule has 0 aliphatic carbocycles. The number of carbonyl (C=O) groups is 1. The van der Waals surface area contributed by atoms with Gasteiger partial charge in [0.1, 0.15) is 6.54 Å². The van der Waals surface area contributed by atoms with E-state index in [-0.39, 0.29) is 23.9 Å². The van der Waals surface area contributed by atoms with Crippen molar-refractivity contribution in [1.82, 2.24) is 25.0 Å². The molecular weight excluding hydrogens is 426 g/mol. The molecule has 1 amide bonds. The molecule has 158 valence electrons. The van der Waals surface area contributed by atoms with Gasteiger partial charge in [-0.15, -0.1) is 11.3 Å². The Balaban J connectivity index is 1.48. The number of amides is 1. The minimum absolute atomic E-state index is 0.0862. The normalized spacial score (nSPS) is 11.0. The van der Waals surface area contributed by atoms with Crippen LogP contribution in [0, 0.1) is 0 Å². The van der Waals surface area contributed by atoms with Crippen molar-refractivity contribution < 1.29 is 9.32 Å². The minimum atomic E-state index is -0.325. The summed E-state index contributed by atoms with van der Waals surface area (Å²) in [6.45, 7) is 0.345. The van der Waals surface area contributed by atoms with Crippen LogP contribution >= 0.6 is 11.3 Å². The zero-order valence-electron chi connectivity index (χ0n) is 16.8. The van der Waals surface area contributed by atoms with Crippen LogP contribution in [0.15, 0.2) is 81.7 Å². The molecule has 8 nitrogen and oxygen atoms in total. The quantitative estimate of drug-likeness (QED) is 0.431. The lowest BCUT2D eigenvalue weighted by Gasteiger charge is -2.12. The number of nitrogens with zero attached hydrogens (tertiary/aromatic N) is 4. The Morgan fingerprint density at radius 1 is 1.09 bits per heavy atom. The van der Waals surface area contributed by atoms with Gasteiger partial charge in [-0.05, 0) is 29.6 Å². The average Bonchev–Trinajstić information content (AvgIpc) is 3.52. The highest BCUT2D eigenvalue weighted by molar-refractivity contribution is 7.09. The molecule has 0 saturated heterocycles. The van der Waals surface area contributed by atoms with E-state index in [1.165, 1.54) is 10.6 Å². The molecule has 32 heavy (non-hydrogen) atoms. The van der Waals surface area contributed by atoms with Crippen LogP contribution < -0.4 is 10.9 Å². The second-order valence-electron chi connectivity index (χ2n) is 7.01. The van der Waals surface area contributed by atoms with E-state index in [0.29, 0.717) is 23.4 Å². The predicted octanol–water partition coefficient (Wildman–Crippen LogP) is 3.49. The fourth-order valence-corrected chi connectivity index (χ4v) is 4.07. The van der Waals surface area contributed by atoms with Crippen LogP contribution in [-0.4, -0.2) is 25.6 Å². The smallest absolute Gasteiger partial charge is 0.259 e. The second-order valence-corrected chi connectivity index (χ2v) is 8.05. The summed E-state index contributed by atoms with van der Waals surface area (Å²) < 4.78 is 6.91. The van der Waals surface area contributed by atoms with E-state index in [9.17, 15) is 9.59 Å². The van der Waals surface area contributed by atoms with E-state index in [0.717, 1.165) is 15.8 Å². The van der Waals surface area contributed by atoms with E-state index in [4.69, 9.17) is 4.52 Å². The van der Waals surface area contributed by atoms with Crippen molar-refractivity contribution in [2.75, 3.05) is 0 Å². The fraction of sp³-hybridized carbons (Fsp3) is 0.0870. The van der Waals surface area contributed by atoms with Crippen LogP contribution in [0.2, 0.25) is 0 Å². The average molecular weight is 443 g/mol. The van der Waals surface area contributed by atoms with Gasteiger partial charge in [-0.2, -0.15) is 4.98 Å². The van der Waals surface area contributed by atoms with Crippen LogP contribution in [0.1, 0.15) is 4.88 Å². The number of hydrogen-bond acceptors (Lipinski definition) is 7. The van der Waals surface area contributed by atoms with Gasteiger partial charge in [0, 0.05) is 34.3 Å².